The first-order valence-electron chi connectivity index (χ1n) is 6.50. The molecular formula is C15H14N2O. The molecule has 0 spiro atoms. The van der Waals surface area contributed by atoms with Crippen LogP contribution in [0.4, 0.5) is 0 Å². The van der Waals surface area contributed by atoms with Gasteiger partial charge in [0.05, 0.1) is 5.69 Å². The Morgan fingerprint density at radius 1 is 1.22 bits per heavy atom. The molecule has 18 heavy (non-hydrogen) atoms. The number of rotatable bonds is 2. The molecule has 1 aromatic carbocycles. The number of H-pyrrole nitrogens is 1. The largest absolute Gasteiger partial charge is 0.310 e. The van der Waals surface area contributed by atoms with Crippen molar-refractivity contribution < 1.29 is 0 Å². The van der Waals surface area contributed by atoms with Gasteiger partial charge in [-0.05, 0) is 30.4 Å². The Balaban J connectivity index is 1.76. The van der Waals surface area contributed by atoms with Crippen LogP contribution in [0.1, 0.15) is 47.3 Å². The number of aromatic nitrogens is 2. The van der Waals surface area contributed by atoms with E-state index in [0.29, 0.717) is 5.92 Å². The molecule has 1 heterocycles. The zero-order valence-corrected chi connectivity index (χ0v) is 10.0. The third-order valence-electron chi connectivity index (χ3n) is 3.96. The van der Waals surface area contributed by atoms with Gasteiger partial charge in [-0.3, -0.25) is 4.79 Å². The van der Waals surface area contributed by atoms with Crippen LogP contribution in [0.3, 0.4) is 0 Å². The monoisotopic (exact) mass is 238 g/mol. The van der Waals surface area contributed by atoms with Gasteiger partial charge in [-0.25, -0.2) is 4.98 Å². The Labute approximate surface area is 105 Å². The van der Waals surface area contributed by atoms with Crippen molar-refractivity contribution in [3.8, 4) is 0 Å². The lowest BCUT2D eigenvalue weighted by atomic mass is 9.77. The van der Waals surface area contributed by atoms with Crippen LogP contribution in [0.5, 0.6) is 0 Å². The minimum absolute atomic E-state index is 0.00807. The van der Waals surface area contributed by atoms with Crippen molar-refractivity contribution in [2.24, 2.45) is 0 Å². The maximum absolute atomic E-state index is 11.7. The number of nitrogens with one attached hydrogen (secondary N) is 1. The molecule has 0 bridgehead atoms. The first-order valence-corrected chi connectivity index (χ1v) is 6.50. The summed E-state index contributed by atoms with van der Waals surface area (Å²) in [5, 5.41) is 0. The van der Waals surface area contributed by atoms with Gasteiger partial charge in [0, 0.05) is 17.9 Å². The van der Waals surface area contributed by atoms with E-state index in [4.69, 9.17) is 0 Å². The molecular weight excluding hydrogens is 224 g/mol. The molecule has 1 unspecified atom stereocenters. The molecule has 2 aliphatic carbocycles. The van der Waals surface area contributed by atoms with Gasteiger partial charge in [0.2, 0.25) is 0 Å². The van der Waals surface area contributed by atoms with Crippen molar-refractivity contribution in [2.75, 3.05) is 0 Å². The van der Waals surface area contributed by atoms with Gasteiger partial charge in [-0.1, -0.05) is 24.3 Å². The van der Waals surface area contributed by atoms with Crippen molar-refractivity contribution >= 4 is 0 Å². The molecule has 90 valence electrons. The van der Waals surface area contributed by atoms with E-state index in [1.54, 1.807) is 6.07 Å². The lowest BCUT2D eigenvalue weighted by Gasteiger charge is -2.29. The van der Waals surface area contributed by atoms with E-state index in [2.05, 4.69) is 28.2 Å². The van der Waals surface area contributed by atoms with E-state index < -0.39 is 0 Å². The normalized spacial score (nSPS) is 21.2. The molecule has 2 aliphatic rings. The summed E-state index contributed by atoms with van der Waals surface area (Å²) < 4.78 is 0. The summed E-state index contributed by atoms with van der Waals surface area (Å²) in [6.45, 7) is 0. The third-order valence-corrected chi connectivity index (χ3v) is 3.96. The quantitative estimate of drug-likeness (QED) is 0.872. The SMILES string of the molecule is O=c1cc(C2CC2)nc(C2Cc3ccccc32)[nH]1. The highest BCUT2D eigenvalue weighted by atomic mass is 16.1. The smallest absolute Gasteiger partial charge is 0.251 e. The van der Waals surface area contributed by atoms with Crippen LogP contribution in [0, 0.1) is 0 Å². The Kier molecular flexibility index (Phi) is 1.98. The Hall–Kier alpha value is -1.90. The van der Waals surface area contributed by atoms with Crippen LogP contribution < -0.4 is 5.56 Å². The lowest BCUT2D eigenvalue weighted by molar-refractivity contribution is 0.649. The van der Waals surface area contributed by atoms with Crippen LogP contribution in [0.2, 0.25) is 0 Å². The first kappa shape index (κ1) is 10.1. The number of hydrogen-bond acceptors (Lipinski definition) is 2. The average Bonchev–Trinajstić information content (AvgIpc) is 3.14. The van der Waals surface area contributed by atoms with E-state index in [-0.39, 0.29) is 11.5 Å². The molecule has 1 aromatic heterocycles. The predicted molar refractivity (Wildman–Crippen MR) is 68.8 cm³/mol. The topological polar surface area (TPSA) is 45.8 Å². The second-order valence-corrected chi connectivity index (χ2v) is 5.29. The molecule has 1 fully saturated rings. The van der Waals surface area contributed by atoms with Crippen molar-refractivity contribution in [1.29, 1.82) is 0 Å². The summed E-state index contributed by atoms with van der Waals surface area (Å²) in [6, 6.07) is 10.0. The fourth-order valence-electron chi connectivity index (χ4n) is 2.75. The minimum atomic E-state index is -0.00807. The van der Waals surface area contributed by atoms with E-state index in [1.807, 2.05) is 6.07 Å². The van der Waals surface area contributed by atoms with Crippen molar-refractivity contribution in [3.63, 3.8) is 0 Å². The van der Waals surface area contributed by atoms with Gasteiger partial charge >= 0.3 is 0 Å². The zero-order valence-electron chi connectivity index (χ0n) is 10.0. The summed E-state index contributed by atoms with van der Waals surface area (Å²) in [5.74, 6) is 1.66. The summed E-state index contributed by atoms with van der Waals surface area (Å²) in [7, 11) is 0. The Morgan fingerprint density at radius 2 is 2.06 bits per heavy atom. The van der Waals surface area contributed by atoms with Crippen molar-refractivity contribution in [1.82, 2.24) is 9.97 Å². The molecule has 1 saturated carbocycles. The lowest BCUT2D eigenvalue weighted by Crippen LogP contribution is -2.24. The summed E-state index contributed by atoms with van der Waals surface area (Å²) >= 11 is 0. The van der Waals surface area contributed by atoms with Crippen LogP contribution in [0.15, 0.2) is 35.1 Å². The van der Waals surface area contributed by atoms with Gasteiger partial charge < -0.3 is 4.98 Å². The van der Waals surface area contributed by atoms with E-state index in [1.165, 1.54) is 24.0 Å². The van der Waals surface area contributed by atoms with Crippen molar-refractivity contribution in [2.45, 2.75) is 31.1 Å². The van der Waals surface area contributed by atoms with Crippen LogP contribution >= 0.6 is 0 Å². The van der Waals surface area contributed by atoms with Crippen molar-refractivity contribution in [3.05, 3.63) is 63.3 Å². The zero-order chi connectivity index (χ0) is 12.1. The average molecular weight is 238 g/mol. The molecule has 0 aliphatic heterocycles. The standard InChI is InChI=1S/C15H14N2O/c18-14-8-13(9-5-6-9)16-15(17-14)12-7-10-3-1-2-4-11(10)12/h1-4,8-9,12H,5-7H2,(H,16,17,18). The number of hydrogen-bond donors (Lipinski definition) is 1. The Bertz CT molecular complexity index is 670. The molecule has 2 aromatic rings. The van der Waals surface area contributed by atoms with Crippen LogP contribution in [-0.4, -0.2) is 9.97 Å². The number of aromatic amines is 1. The van der Waals surface area contributed by atoms with Gasteiger partial charge in [-0.15, -0.1) is 0 Å². The number of fused-ring (bicyclic) bond motifs is 1. The van der Waals surface area contributed by atoms with Crippen LogP contribution in [-0.2, 0) is 6.42 Å². The highest BCUT2D eigenvalue weighted by Gasteiger charge is 2.31. The predicted octanol–water partition coefficient (Wildman–Crippen LogP) is 2.34. The summed E-state index contributed by atoms with van der Waals surface area (Å²) in [5.41, 5.74) is 3.67. The van der Waals surface area contributed by atoms with E-state index >= 15 is 0 Å². The second kappa shape index (κ2) is 3.55. The first-order chi connectivity index (χ1) is 8.81. The third kappa shape index (κ3) is 1.50. The maximum Gasteiger partial charge on any atom is 0.251 e. The molecule has 0 radical (unpaired) electrons. The molecule has 1 N–H and O–H groups in total. The molecule has 1 atom stereocenters. The number of nitrogens with zero attached hydrogens (tertiary/aromatic N) is 1. The highest BCUT2D eigenvalue weighted by molar-refractivity contribution is 5.44. The van der Waals surface area contributed by atoms with Gasteiger partial charge in [-0.2, -0.15) is 0 Å². The minimum Gasteiger partial charge on any atom is -0.310 e. The molecule has 0 amide bonds. The maximum atomic E-state index is 11.7. The van der Waals surface area contributed by atoms with Gasteiger partial charge in [0.1, 0.15) is 5.82 Å². The molecule has 3 heteroatoms. The van der Waals surface area contributed by atoms with Gasteiger partial charge in [0.25, 0.3) is 5.56 Å². The summed E-state index contributed by atoms with van der Waals surface area (Å²) in [4.78, 5) is 19.3. The fraction of sp³-hybridized carbons (Fsp3) is 0.333. The van der Waals surface area contributed by atoms with E-state index in [9.17, 15) is 4.79 Å². The molecule has 4 rings (SSSR count). The number of benzene rings is 1. The van der Waals surface area contributed by atoms with Gasteiger partial charge in [0.15, 0.2) is 0 Å². The van der Waals surface area contributed by atoms with Crippen LogP contribution in [0.25, 0.3) is 0 Å². The molecule has 3 nitrogen and oxygen atoms in total. The fourth-order valence-corrected chi connectivity index (χ4v) is 2.75. The highest BCUT2D eigenvalue weighted by Crippen LogP contribution is 2.41. The summed E-state index contributed by atoms with van der Waals surface area (Å²) in [6.07, 6.45) is 3.35. The van der Waals surface area contributed by atoms with E-state index in [0.717, 1.165) is 17.9 Å². The molecule has 0 saturated heterocycles. The Morgan fingerprint density at radius 3 is 2.83 bits per heavy atom. The second-order valence-electron chi connectivity index (χ2n) is 5.29.